The second-order valence-electron chi connectivity index (χ2n) is 6.66. The van der Waals surface area contributed by atoms with E-state index in [0.29, 0.717) is 11.3 Å². The lowest BCUT2D eigenvalue weighted by Gasteiger charge is -2.13. The fourth-order valence-electron chi connectivity index (χ4n) is 3.18. The largest absolute Gasteiger partial charge is 0.465 e. The molecule has 1 fully saturated rings. The fraction of sp³-hybridized carbons (Fsp3) is 0.300. The van der Waals surface area contributed by atoms with Gasteiger partial charge in [0.05, 0.1) is 17.6 Å². The van der Waals surface area contributed by atoms with Crippen molar-refractivity contribution in [2.75, 3.05) is 12.4 Å². The zero-order chi connectivity index (χ0) is 20.1. The monoisotopic (exact) mass is 402 g/mol. The highest BCUT2D eigenvalue weighted by Gasteiger charge is 2.23. The van der Waals surface area contributed by atoms with Crippen molar-refractivity contribution in [1.29, 1.82) is 0 Å². The number of methoxy groups -OCH3 is 1. The molecule has 0 spiro atoms. The summed E-state index contributed by atoms with van der Waals surface area (Å²) in [6.07, 6.45) is 3.69. The highest BCUT2D eigenvalue weighted by Crippen LogP contribution is 2.21. The molecule has 8 heteroatoms. The number of carbonyl (C=O) groups is 2. The first-order chi connectivity index (χ1) is 13.4. The Morgan fingerprint density at radius 2 is 1.68 bits per heavy atom. The number of hydrogen-bond donors (Lipinski definition) is 2. The Labute approximate surface area is 164 Å². The van der Waals surface area contributed by atoms with Crippen LogP contribution in [0, 0.1) is 0 Å². The number of benzene rings is 2. The van der Waals surface area contributed by atoms with E-state index in [-0.39, 0.29) is 16.5 Å². The minimum Gasteiger partial charge on any atom is -0.465 e. The Morgan fingerprint density at radius 1 is 1.00 bits per heavy atom. The molecule has 1 aliphatic carbocycles. The van der Waals surface area contributed by atoms with Gasteiger partial charge in [-0.25, -0.2) is 17.9 Å². The molecule has 28 heavy (non-hydrogen) atoms. The Kier molecular flexibility index (Phi) is 6.11. The summed E-state index contributed by atoms with van der Waals surface area (Å²) in [5.41, 5.74) is 0.917. The average Bonchev–Trinajstić information content (AvgIpc) is 3.20. The number of rotatable bonds is 6. The summed E-state index contributed by atoms with van der Waals surface area (Å²) in [5.74, 6) is -0.984. The Bertz CT molecular complexity index is 982. The molecule has 2 N–H and O–H groups in total. The molecule has 0 radical (unpaired) electrons. The first-order valence-electron chi connectivity index (χ1n) is 9.01. The van der Waals surface area contributed by atoms with E-state index in [4.69, 9.17) is 0 Å². The molecule has 0 heterocycles. The van der Waals surface area contributed by atoms with Gasteiger partial charge in [0.15, 0.2) is 0 Å². The Morgan fingerprint density at radius 3 is 2.39 bits per heavy atom. The van der Waals surface area contributed by atoms with Crippen molar-refractivity contribution in [3.05, 3.63) is 59.7 Å². The van der Waals surface area contributed by atoms with Gasteiger partial charge in [0.2, 0.25) is 10.0 Å². The van der Waals surface area contributed by atoms with E-state index in [0.717, 1.165) is 25.7 Å². The molecule has 148 valence electrons. The molecule has 1 amide bonds. The molecule has 0 saturated heterocycles. The van der Waals surface area contributed by atoms with Crippen LogP contribution in [0.1, 0.15) is 46.4 Å². The molecule has 7 nitrogen and oxygen atoms in total. The quantitative estimate of drug-likeness (QED) is 0.724. The number of nitrogens with one attached hydrogen (secondary N) is 2. The van der Waals surface area contributed by atoms with Gasteiger partial charge >= 0.3 is 5.97 Å². The first kappa shape index (κ1) is 20.0. The van der Waals surface area contributed by atoms with Gasteiger partial charge in [-0.3, -0.25) is 4.79 Å². The van der Waals surface area contributed by atoms with Gasteiger partial charge in [0.25, 0.3) is 5.91 Å². The number of sulfonamides is 1. The van der Waals surface area contributed by atoms with E-state index in [1.165, 1.54) is 37.4 Å². The summed E-state index contributed by atoms with van der Waals surface area (Å²) in [6, 6.07) is 12.1. The van der Waals surface area contributed by atoms with Gasteiger partial charge < -0.3 is 10.1 Å². The SMILES string of the molecule is COC(=O)c1cccc(NC(=O)c2cccc(S(=O)(=O)NC3CCCC3)c2)c1. The summed E-state index contributed by atoms with van der Waals surface area (Å²) in [6.45, 7) is 0. The summed E-state index contributed by atoms with van der Waals surface area (Å²) < 4.78 is 32.5. The summed E-state index contributed by atoms with van der Waals surface area (Å²) in [4.78, 5) is 24.2. The number of esters is 1. The minimum atomic E-state index is -3.69. The zero-order valence-electron chi connectivity index (χ0n) is 15.5. The van der Waals surface area contributed by atoms with Crippen molar-refractivity contribution in [3.8, 4) is 0 Å². The predicted octanol–water partition coefficient (Wildman–Crippen LogP) is 2.95. The highest BCUT2D eigenvalue weighted by molar-refractivity contribution is 7.89. The van der Waals surface area contributed by atoms with E-state index >= 15 is 0 Å². The first-order valence-corrected chi connectivity index (χ1v) is 10.5. The molecule has 1 aliphatic rings. The van der Waals surface area contributed by atoms with Gasteiger partial charge in [0, 0.05) is 17.3 Å². The number of anilines is 1. The number of carbonyl (C=O) groups excluding carboxylic acids is 2. The van der Waals surface area contributed by atoms with Crippen LogP contribution in [-0.2, 0) is 14.8 Å². The second kappa shape index (κ2) is 8.53. The van der Waals surface area contributed by atoms with Crippen LogP contribution in [0.5, 0.6) is 0 Å². The number of ether oxygens (including phenoxy) is 1. The molecule has 2 aromatic rings. The van der Waals surface area contributed by atoms with E-state index in [9.17, 15) is 18.0 Å². The third-order valence-corrected chi connectivity index (χ3v) is 6.14. The average molecular weight is 402 g/mol. The third-order valence-electron chi connectivity index (χ3n) is 4.63. The summed E-state index contributed by atoms with van der Waals surface area (Å²) in [5, 5.41) is 2.67. The van der Waals surface area contributed by atoms with Gasteiger partial charge in [0.1, 0.15) is 0 Å². The topological polar surface area (TPSA) is 102 Å². The van der Waals surface area contributed by atoms with E-state index in [1.54, 1.807) is 18.2 Å². The lowest BCUT2D eigenvalue weighted by molar-refractivity contribution is 0.0600. The number of hydrogen-bond acceptors (Lipinski definition) is 5. The van der Waals surface area contributed by atoms with E-state index in [2.05, 4.69) is 14.8 Å². The van der Waals surface area contributed by atoms with E-state index in [1.807, 2.05) is 0 Å². The molecule has 0 bridgehead atoms. The molecular weight excluding hydrogens is 380 g/mol. The molecular formula is C20H22N2O5S. The maximum atomic E-state index is 12.6. The van der Waals surface area contributed by atoms with Crippen molar-refractivity contribution in [2.45, 2.75) is 36.6 Å². The predicted molar refractivity (Wildman–Crippen MR) is 105 cm³/mol. The van der Waals surface area contributed by atoms with Crippen LogP contribution in [0.25, 0.3) is 0 Å². The minimum absolute atomic E-state index is 0.0513. The van der Waals surface area contributed by atoms with E-state index < -0.39 is 21.9 Å². The molecule has 0 unspecified atom stereocenters. The van der Waals surface area contributed by atoms with Crippen molar-refractivity contribution < 1.29 is 22.7 Å². The molecule has 0 aliphatic heterocycles. The zero-order valence-corrected chi connectivity index (χ0v) is 16.3. The molecule has 0 aromatic heterocycles. The van der Waals surface area contributed by atoms with Gasteiger partial charge in [-0.15, -0.1) is 0 Å². The van der Waals surface area contributed by atoms with Crippen LogP contribution in [0.4, 0.5) is 5.69 Å². The van der Waals surface area contributed by atoms with Crippen molar-refractivity contribution in [1.82, 2.24) is 4.72 Å². The van der Waals surface area contributed by atoms with Crippen molar-refractivity contribution in [3.63, 3.8) is 0 Å². The van der Waals surface area contributed by atoms with Gasteiger partial charge in [-0.1, -0.05) is 25.0 Å². The normalized spacial score (nSPS) is 14.6. The Hall–Kier alpha value is -2.71. The van der Waals surface area contributed by atoms with Crippen LogP contribution in [0.3, 0.4) is 0 Å². The van der Waals surface area contributed by atoms with Gasteiger partial charge in [-0.05, 0) is 49.2 Å². The van der Waals surface area contributed by atoms with Crippen LogP contribution in [0.15, 0.2) is 53.4 Å². The van der Waals surface area contributed by atoms with Crippen LogP contribution in [0.2, 0.25) is 0 Å². The molecule has 0 atom stereocenters. The lowest BCUT2D eigenvalue weighted by atomic mass is 10.1. The van der Waals surface area contributed by atoms with Crippen LogP contribution >= 0.6 is 0 Å². The Balaban J connectivity index is 1.76. The molecule has 2 aromatic carbocycles. The summed E-state index contributed by atoms with van der Waals surface area (Å²) >= 11 is 0. The molecule has 3 rings (SSSR count). The fourth-order valence-corrected chi connectivity index (χ4v) is 4.53. The van der Waals surface area contributed by atoms with Crippen molar-refractivity contribution in [2.24, 2.45) is 0 Å². The summed E-state index contributed by atoms with van der Waals surface area (Å²) in [7, 11) is -2.41. The van der Waals surface area contributed by atoms with Gasteiger partial charge in [-0.2, -0.15) is 0 Å². The van der Waals surface area contributed by atoms with Crippen LogP contribution in [-0.4, -0.2) is 33.4 Å². The lowest BCUT2D eigenvalue weighted by Crippen LogP contribution is -2.32. The highest BCUT2D eigenvalue weighted by atomic mass is 32.2. The standard InChI is InChI=1S/C20H22N2O5S/c1-27-20(24)15-7-4-10-17(12-15)21-19(23)14-6-5-11-18(13-14)28(25,26)22-16-8-2-3-9-16/h4-7,10-13,16,22H,2-3,8-9H2,1H3,(H,21,23). The third kappa shape index (κ3) is 4.76. The van der Waals surface area contributed by atoms with Crippen LogP contribution < -0.4 is 10.0 Å². The van der Waals surface area contributed by atoms with Crippen molar-refractivity contribution >= 4 is 27.6 Å². The maximum absolute atomic E-state index is 12.6. The maximum Gasteiger partial charge on any atom is 0.337 e. The number of amides is 1. The molecule has 1 saturated carbocycles. The second-order valence-corrected chi connectivity index (χ2v) is 8.37. The smallest absolute Gasteiger partial charge is 0.337 e.